The Kier molecular flexibility index (Phi) is 7.90. The van der Waals surface area contributed by atoms with Gasteiger partial charge in [-0.3, -0.25) is 15.1 Å². The number of hydrogen-bond donors (Lipinski definition) is 1. The fourth-order valence-electron chi connectivity index (χ4n) is 4.38. The van der Waals surface area contributed by atoms with E-state index in [1.54, 1.807) is 19.0 Å². The number of rotatable bonds is 8. The molecule has 0 saturated heterocycles. The van der Waals surface area contributed by atoms with Gasteiger partial charge < -0.3 is 9.64 Å². The van der Waals surface area contributed by atoms with E-state index in [2.05, 4.69) is 30.1 Å². The highest BCUT2D eigenvalue weighted by atomic mass is 16.5. The van der Waals surface area contributed by atoms with Crippen molar-refractivity contribution in [2.24, 2.45) is 4.99 Å². The molecule has 6 nitrogen and oxygen atoms in total. The van der Waals surface area contributed by atoms with Crippen LogP contribution in [0.4, 0.5) is 0 Å². The first-order valence-corrected chi connectivity index (χ1v) is 11.7. The molecule has 0 fully saturated rings. The third kappa shape index (κ3) is 5.55. The molecule has 1 N–H and O–H groups in total. The van der Waals surface area contributed by atoms with E-state index in [1.165, 1.54) is 11.1 Å². The molecule has 2 atom stereocenters. The van der Waals surface area contributed by atoms with Gasteiger partial charge in [-0.2, -0.15) is 5.26 Å². The summed E-state index contributed by atoms with van der Waals surface area (Å²) in [7, 11) is 3.55. The van der Waals surface area contributed by atoms with Crippen molar-refractivity contribution in [3.8, 4) is 11.8 Å². The molecule has 0 bridgehead atoms. The summed E-state index contributed by atoms with van der Waals surface area (Å²) in [6.45, 7) is 11.9. The zero-order chi connectivity index (χ0) is 25.0. The van der Waals surface area contributed by atoms with Crippen molar-refractivity contribution in [2.75, 3.05) is 14.1 Å². The lowest BCUT2D eigenvalue weighted by Crippen LogP contribution is -2.42. The van der Waals surface area contributed by atoms with Gasteiger partial charge >= 0.3 is 0 Å². The van der Waals surface area contributed by atoms with Gasteiger partial charge in [0, 0.05) is 31.4 Å². The molecular weight excluding hydrogens is 424 g/mol. The van der Waals surface area contributed by atoms with Gasteiger partial charge in [0.1, 0.15) is 11.8 Å². The predicted octanol–water partition coefficient (Wildman–Crippen LogP) is 4.88. The summed E-state index contributed by atoms with van der Waals surface area (Å²) >= 11 is 0. The zero-order valence-corrected chi connectivity index (χ0v) is 21.0. The fourth-order valence-corrected chi connectivity index (χ4v) is 4.38. The Labute approximate surface area is 203 Å². The number of ether oxygens (including phenoxy) is 1. The van der Waals surface area contributed by atoms with Gasteiger partial charge in [-0.05, 0) is 75.4 Å². The quantitative estimate of drug-likeness (QED) is 0.572. The van der Waals surface area contributed by atoms with Crippen molar-refractivity contribution >= 4 is 17.3 Å². The van der Waals surface area contributed by atoms with Crippen LogP contribution in [0.5, 0.6) is 5.75 Å². The van der Waals surface area contributed by atoms with Gasteiger partial charge in [0.15, 0.2) is 0 Å². The maximum absolute atomic E-state index is 12.3. The van der Waals surface area contributed by atoms with Crippen LogP contribution in [-0.4, -0.2) is 42.8 Å². The number of likely N-dealkylation sites (N-methyl/N-ethyl adjacent to an activating group) is 1. The summed E-state index contributed by atoms with van der Waals surface area (Å²) in [4.78, 5) is 18.7. The molecule has 6 heteroatoms. The standard InChI is InChI=1S/C28H34N4O2/c1-17(2)34-27-14-11-21(15-22(27)16-29)18(3)30-19(4)23-9-8-10-25-24(23)12-13-26(25)31-20(5)28(33)32(6)7/h8-11,14-15,17,20,26,31H,4,12-13H2,1-3,5-7H3. The Morgan fingerprint density at radius 3 is 2.65 bits per heavy atom. The van der Waals surface area contributed by atoms with Crippen LogP contribution in [0.2, 0.25) is 0 Å². The number of benzene rings is 2. The number of amides is 1. The van der Waals surface area contributed by atoms with E-state index >= 15 is 0 Å². The molecule has 0 aliphatic heterocycles. The van der Waals surface area contributed by atoms with Crippen LogP contribution < -0.4 is 10.1 Å². The lowest BCUT2D eigenvalue weighted by Gasteiger charge is -2.22. The smallest absolute Gasteiger partial charge is 0.238 e. The summed E-state index contributed by atoms with van der Waals surface area (Å²) in [6.07, 6.45) is 1.82. The monoisotopic (exact) mass is 458 g/mol. The van der Waals surface area contributed by atoms with Crippen LogP contribution in [0.3, 0.4) is 0 Å². The summed E-state index contributed by atoms with van der Waals surface area (Å²) in [5, 5.41) is 13.0. The normalized spacial score (nSPS) is 16.1. The molecule has 178 valence electrons. The maximum Gasteiger partial charge on any atom is 0.238 e. The predicted molar refractivity (Wildman–Crippen MR) is 137 cm³/mol. The van der Waals surface area contributed by atoms with Crippen molar-refractivity contribution in [2.45, 2.75) is 58.7 Å². The Morgan fingerprint density at radius 2 is 2.00 bits per heavy atom. The van der Waals surface area contributed by atoms with Crippen molar-refractivity contribution in [1.82, 2.24) is 10.2 Å². The van der Waals surface area contributed by atoms with Crippen molar-refractivity contribution in [3.05, 3.63) is 70.8 Å². The fraction of sp³-hybridized carbons (Fsp3) is 0.393. The first-order valence-electron chi connectivity index (χ1n) is 11.7. The molecule has 2 aromatic rings. The Bertz CT molecular complexity index is 1160. The highest BCUT2D eigenvalue weighted by Gasteiger charge is 2.28. The van der Waals surface area contributed by atoms with Gasteiger partial charge in [0.05, 0.1) is 23.4 Å². The molecular formula is C28H34N4O2. The van der Waals surface area contributed by atoms with Crippen molar-refractivity contribution in [3.63, 3.8) is 0 Å². The van der Waals surface area contributed by atoms with Crippen LogP contribution >= 0.6 is 0 Å². The number of nitriles is 1. The minimum absolute atomic E-state index is 0.00465. The highest BCUT2D eigenvalue weighted by molar-refractivity contribution is 6.02. The number of carbonyl (C=O) groups excluding carboxylic acids is 1. The summed E-state index contributed by atoms with van der Waals surface area (Å²) in [6, 6.07) is 13.8. The minimum atomic E-state index is -0.255. The number of fused-ring (bicyclic) bond motifs is 1. The van der Waals surface area contributed by atoms with Crippen LogP contribution in [0.1, 0.15) is 68.0 Å². The third-order valence-corrected chi connectivity index (χ3v) is 6.03. The van der Waals surface area contributed by atoms with Gasteiger partial charge in [0.25, 0.3) is 0 Å². The van der Waals surface area contributed by atoms with E-state index in [1.807, 2.05) is 52.0 Å². The number of nitrogens with one attached hydrogen (secondary N) is 1. The number of aliphatic imine (C=N–C) groups is 1. The molecule has 0 spiro atoms. The number of hydrogen-bond acceptors (Lipinski definition) is 5. The van der Waals surface area contributed by atoms with E-state index < -0.39 is 0 Å². The Hall–Kier alpha value is -3.43. The van der Waals surface area contributed by atoms with Crippen LogP contribution in [0, 0.1) is 11.3 Å². The first kappa shape index (κ1) is 25.2. The van der Waals surface area contributed by atoms with E-state index in [4.69, 9.17) is 9.73 Å². The molecule has 2 aromatic carbocycles. The number of carbonyl (C=O) groups is 1. The second kappa shape index (κ2) is 10.7. The van der Waals surface area contributed by atoms with Crippen molar-refractivity contribution in [1.29, 1.82) is 5.26 Å². The molecule has 0 aromatic heterocycles. The van der Waals surface area contributed by atoms with Gasteiger partial charge in [-0.25, -0.2) is 0 Å². The second-order valence-corrected chi connectivity index (χ2v) is 9.22. The minimum Gasteiger partial charge on any atom is -0.490 e. The van der Waals surface area contributed by atoms with Gasteiger partial charge in [-0.1, -0.05) is 24.8 Å². The van der Waals surface area contributed by atoms with E-state index in [0.29, 0.717) is 17.0 Å². The molecule has 3 rings (SSSR count). The largest absolute Gasteiger partial charge is 0.490 e. The van der Waals surface area contributed by atoms with E-state index in [-0.39, 0.29) is 24.1 Å². The molecule has 1 amide bonds. The van der Waals surface area contributed by atoms with Crippen LogP contribution in [0.15, 0.2) is 48.0 Å². The highest BCUT2D eigenvalue weighted by Crippen LogP contribution is 2.36. The summed E-state index contributed by atoms with van der Waals surface area (Å²) in [5.74, 6) is 0.644. The van der Waals surface area contributed by atoms with Gasteiger partial charge in [0.2, 0.25) is 5.91 Å². The molecule has 34 heavy (non-hydrogen) atoms. The maximum atomic E-state index is 12.3. The van der Waals surface area contributed by atoms with E-state index in [9.17, 15) is 10.1 Å². The zero-order valence-electron chi connectivity index (χ0n) is 21.0. The van der Waals surface area contributed by atoms with Crippen LogP contribution in [-0.2, 0) is 11.2 Å². The molecule has 0 radical (unpaired) electrons. The molecule has 1 aliphatic rings. The molecule has 0 heterocycles. The lowest BCUT2D eigenvalue weighted by atomic mass is 10.00. The molecule has 0 saturated carbocycles. The summed E-state index contributed by atoms with van der Waals surface area (Å²) in [5.41, 5.74) is 6.27. The van der Waals surface area contributed by atoms with E-state index in [0.717, 1.165) is 29.7 Å². The average Bonchev–Trinajstić information content (AvgIpc) is 3.20. The number of nitrogens with zero attached hydrogens (tertiary/aromatic N) is 3. The lowest BCUT2D eigenvalue weighted by molar-refractivity contribution is -0.130. The van der Waals surface area contributed by atoms with Gasteiger partial charge in [-0.15, -0.1) is 0 Å². The molecule has 1 aliphatic carbocycles. The topological polar surface area (TPSA) is 77.7 Å². The molecule has 2 unspecified atom stereocenters. The second-order valence-electron chi connectivity index (χ2n) is 9.22. The summed E-state index contributed by atoms with van der Waals surface area (Å²) < 4.78 is 5.73. The SMILES string of the molecule is C=C(N=C(C)c1ccc(OC(C)C)c(C#N)c1)c1cccc2c1CCC2NC(C)C(=O)N(C)C. The third-order valence-electron chi connectivity index (χ3n) is 6.03. The Balaban J connectivity index is 1.83. The average molecular weight is 459 g/mol. The Morgan fingerprint density at radius 1 is 1.26 bits per heavy atom. The van der Waals surface area contributed by atoms with Crippen molar-refractivity contribution < 1.29 is 9.53 Å². The first-order chi connectivity index (χ1) is 16.1. The van der Waals surface area contributed by atoms with Crippen LogP contribution in [0.25, 0.3) is 5.70 Å².